The van der Waals surface area contributed by atoms with Crippen LogP contribution in [0, 0.1) is 0 Å². The number of fused-ring (bicyclic) bond motifs is 1. The maximum absolute atomic E-state index is 13.2. The molecular formula is C10H4Cl2F2O3. The summed E-state index contributed by atoms with van der Waals surface area (Å²) >= 11 is 11.4. The van der Waals surface area contributed by atoms with Gasteiger partial charge in [-0.2, -0.15) is 8.78 Å². The molecule has 1 aromatic carbocycles. The zero-order chi connectivity index (χ0) is 12.8. The van der Waals surface area contributed by atoms with E-state index in [-0.39, 0.29) is 21.0 Å². The molecule has 3 nitrogen and oxygen atoms in total. The molecule has 7 heteroatoms. The van der Waals surface area contributed by atoms with Gasteiger partial charge in [0.2, 0.25) is 0 Å². The summed E-state index contributed by atoms with van der Waals surface area (Å²) in [5, 5.41) is 8.88. The Bertz CT molecular complexity index is 607. The van der Waals surface area contributed by atoms with Crippen molar-refractivity contribution in [2.45, 2.75) is 5.92 Å². The SMILES string of the molecule is O=C(O)C(F)(F)c1cc2cc(Cl)cc(Cl)c2o1. The molecule has 1 aromatic heterocycles. The molecule has 0 bridgehead atoms. The van der Waals surface area contributed by atoms with Crippen molar-refractivity contribution in [1.82, 2.24) is 0 Å². The van der Waals surface area contributed by atoms with Crippen LogP contribution >= 0.6 is 23.2 Å². The zero-order valence-corrected chi connectivity index (χ0v) is 9.52. The predicted molar refractivity (Wildman–Crippen MR) is 57.8 cm³/mol. The smallest absolute Gasteiger partial charge is 0.399 e. The zero-order valence-electron chi connectivity index (χ0n) is 8.01. The van der Waals surface area contributed by atoms with Gasteiger partial charge in [-0.1, -0.05) is 23.2 Å². The number of alkyl halides is 2. The minimum absolute atomic E-state index is 0.0213. The molecule has 0 saturated carbocycles. The third kappa shape index (κ3) is 1.96. The largest absolute Gasteiger partial charge is 0.476 e. The molecule has 0 aliphatic rings. The van der Waals surface area contributed by atoms with E-state index in [9.17, 15) is 13.6 Å². The first kappa shape index (κ1) is 12.1. The van der Waals surface area contributed by atoms with Crippen LogP contribution in [0.5, 0.6) is 0 Å². The topological polar surface area (TPSA) is 50.4 Å². The van der Waals surface area contributed by atoms with Gasteiger partial charge in [0.1, 0.15) is 0 Å². The van der Waals surface area contributed by atoms with Crippen LogP contribution in [-0.4, -0.2) is 11.1 Å². The summed E-state index contributed by atoms with van der Waals surface area (Å²) in [7, 11) is 0. The van der Waals surface area contributed by atoms with Crippen molar-refractivity contribution in [3.05, 3.63) is 34.0 Å². The summed E-state index contributed by atoms with van der Waals surface area (Å²) in [5.41, 5.74) is -0.0213. The molecule has 0 unspecified atom stereocenters. The van der Waals surface area contributed by atoms with Crippen molar-refractivity contribution in [1.29, 1.82) is 0 Å². The van der Waals surface area contributed by atoms with Gasteiger partial charge < -0.3 is 9.52 Å². The lowest BCUT2D eigenvalue weighted by molar-refractivity contribution is -0.168. The van der Waals surface area contributed by atoms with Gasteiger partial charge in [-0.3, -0.25) is 0 Å². The van der Waals surface area contributed by atoms with Gasteiger partial charge in [0.25, 0.3) is 0 Å². The molecule has 0 amide bonds. The van der Waals surface area contributed by atoms with Gasteiger partial charge in [-0.25, -0.2) is 4.79 Å². The summed E-state index contributed by atoms with van der Waals surface area (Å²) in [5.74, 6) is -7.38. The standard InChI is InChI=1S/C10H4Cl2F2O3/c11-5-1-4-2-7(10(13,14)9(15)16)17-8(4)6(12)3-5/h1-3H,(H,15,16). The minimum Gasteiger partial charge on any atom is -0.476 e. The summed E-state index contributed by atoms with van der Waals surface area (Å²) in [4.78, 5) is 10.4. The third-order valence-corrected chi connectivity index (χ3v) is 2.61. The summed E-state index contributed by atoms with van der Waals surface area (Å²) in [6, 6.07) is 3.58. The van der Waals surface area contributed by atoms with Crippen LogP contribution in [-0.2, 0) is 10.7 Å². The van der Waals surface area contributed by atoms with E-state index >= 15 is 0 Å². The maximum atomic E-state index is 13.2. The van der Waals surface area contributed by atoms with Gasteiger partial charge in [-0.15, -0.1) is 0 Å². The molecule has 17 heavy (non-hydrogen) atoms. The van der Waals surface area contributed by atoms with E-state index in [0.29, 0.717) is 0 Å². The Balaban J connectivity index is 2.67. The van der Waals surface area contributed by atoms with Crippen LogP contribution in [0.25, 0.3) is 11.0 Å². The molecular weight excluding hydrogens is 277 g/mol. The van der Waals surface area contributed by atoms with Crippen molar-refractivity contribution < 1.29 is 23.1 Å². The van der Waals surface area contributed by atoms with Gasteiger partial charge in [0.15, 0.2) is 11.3 Å². The van der Waals surface area contributed by atoms with E-state index in [2.05, 4.69) is 0 Å². The summed E-state index contributed by atoms with van der Waals surface area (Å²) in [6.07, 6.45) is 0. The fourth-order valence-corrected chi connectivity index (χ4v) is 1.88. The Hall–Kier alpha value is -1.33. The minimum atomic E-state index is -4.10. The predicted octanol–water partition coefficient (Wildman–Crippen LogP) is 3.92. The molecule has 90 valence electrons. The van der Waals surface area contributed by atoms with Crippen molar-refractivity contribution in [2.75, 3.05) is 0 Å². The van der Waals surface area contributed by atoms with Gasteiger partial charge in [-0.05, 0) is 18.2 Å². The summed E-state index contributed by atoms with van der Waals surface area (Å²) < 4.78 is 31.1. The molecule has 0 saturated heterocycles. The van der Waals surface area contributed by atoms with Crippen LogP contribution < -0.4 is 0 Å². The van der Waals surface area contributed by atoms with E-state index in [1.54, 1.807) is 0 Å². The van der Waals surface area contributed by atoms with Crippen LogP contribution in [0.4, 0.5) is 8.78 Å². The van der Waals surface area contributed by atoms with Gasteiger partial charge in [0, 0.05) is 10.4 Å². The molecule has 0 fully saturated rings. The quantitative estimate of drug-likeness (QED) is 0.907. The monoisotopic (exact) mass is 280 g/mol. The molecule has 1 N–H and O–H groups in total. The Kier molecular flexibility index (Phi) is 2.75. The number of halogens is 4. The van der Waals surface area contributed by atoms with Crippen molar-refractivity contribution in [3.8, 4) is 0 Å². The van der Waals surface area contributed by atoms with Crippen molar-refractivity contribution in [3.63, 3.8) is 0 Å². The Morgan fingerprint density at radius 3 is 2.53 bits per heavy atom. The normalized spacial score (nSPS) is 12.0. The number of carboxylic acids is 1. The molecule has 2 aromatic rings. The van der Waals surface area contributed by atoms with Gasteiger partial charge in [0.05, 0.1) is 5.02 Å². The number of carboxylic acid groups (broad SMARTS) is 1. The number of furan rings is 1. The van der Waals surface area contributed by atoms with Crippen LogP contribution in [0.2, 0.25) is 10.0 Å². The summed E-state index contributed by atoms with van der Waals surface area (Å²) in [6.45, 7) is 0. The van der Waals surface area contributed by atoms with Crippen molar-refractivity contribution >= 4 is 40.1 Å². The molecule has 1 heterocycles. The molecule has 0 spiro atoms. The second-order valence-electron chi connectivity index (χ2n) is 3.30. The van der Waals surface area contributed by atoms with Crippen LogP contribution in [0.3, 0.4) is 0 Å². The number of carbonyl (C=O) groups is 1. The highest BCUT2D eigenvalue weighted by Gasteiger charge is 2.44. The highest BCUT2D eigenvalue weighted by Crippen LogP contribution is 2.36. The lowest BCUT2D eigenvalue weighted by Crippen LogP contribution is -2.24. The van der Waals surface area contributed by atoms with E-state index in [1.165, 1.54) is 12.1 Å². The van der Waals surface area contributed by atoms with Crippen LogP contribution in [0.15, 0.2) is 22.6 Å². The van der Waals surface area contributed by atoms with E-state index in [4.69, 9.17) is 32.7 Å². The lowest BCUT2D eigenvalue weighted by Gasteiger charge is -2.06. The fourth-order valence-electron chi connectivity index (χ4n) is 1.34. The molecule has 0 atom stereocenters. The number of aliphatic carboxylic acids is 1. The molecule has 0 aliphatic heterocycles. The fraction of sp³-hybridized carbons (Fsp3) is 0.100. The van der Waals surface area contributed by atoms with Gasteiger partial charge >= 0.3 is 11.9 Å². The third-order valence-electron chi connectivity index (χ3n) is 2.11. The average Bonchev–Trinajstić information content (AvgIpc) is 2.61. The maximum Gasteiger partial charge on any atom is 0.399 e. The molecule has 2 rings (SSSR count). The second-order valence-corrected chi connectivity index (χ2v) is 4.14. The average molecular weight is 281 g/mol. The van der Waals surface area contributed by atoms with E-state index in [1.807, 2.05) is 0 Å². The second kappa shape index (κ2) is 3.85. The van der Waals surface area contributed by atoms with Crippen LogP contribution in [0.1, 0.15) is 5.76 Å². The number of benzene rings is 1. The van der Waals surface area contributed by atoms with E-state index < -0.39 is 17.7 Å². The Morgan fingerprint density at radius 2 is 1.94 bits per heavy atom. The number of hydrogen-bond donors (Lipinski definition) is 1. The Labute approximate surface area is 104 Å². The number of rotatable bonds is 2. The van der Waals surface area contributed by atoms with E-state index in [0.717, 1.165) is 6.07 Å². The Morgan fingerprint density at radius 1 is 1.29 bits per heavy atom. The highest BCUT2D eigenvalue weighted by atomic mass is 35.5. The first-order chi connectivity index (χ1) is 7.82. The first-order valence-corrected chi connectivity index (χ1v) is 5.08. The van der Waals surface area contributed by atoms with Crippen molar-refractivity contribution in [2.24, 2.45) is 0 Å². The highest BCUT2D eigenvalue weighted by molar-refractivity contribution is 6.38. The first-order valence-electron chi connectivity index (χ1n) is 4.32. The number of hydrogen-bond acceptors (Lipinski definition) is 2. The molecule has 0 aliphatic carbocycles. The molecule has 0 radical (unpaired) electrons. The lowest BCUT2D eigenvalue weighted by atomic mass is 10.2.